The maximum absolute atomic E-state index is 11.9. The summed E-state index contributed by atoms with van der Waals surface area (Å²) in [5, 5.41) is 2.88. The summed E-state index contributed by atoms with van der Waals surface area (Å²) >= 11 is 0. The first-order valence-corrected chi connectivity index (χ1v) is 10.7. The minimum Gasteiger partial charge on any atom is -0.412 e. The first-order valence-electron chi connectivity index (χ1n) is 7.28. The van der Waals surface area contributed by atoms with Crippen LogP contribution in [0.4, 0.5) is 4.79 Å². The van der Waals surface area contributed by atoms with Gasteiger partial charge in [0.15, 0.2) is 8.32 Å². The van der Waals surface area contributed by atoms with Gasteiger partial charge in [-0.15, -0.1) is 0 Å². The van der Waals surface area contributed by atoms with Gasteiger partial charge in [0.25, 0.3) is 0 Å². The summed E-state index contributed by atoms with van der Waals surface area (Å²) in [6.07, 6.45) is 2.86. The van der Waals surface area contributed by atoms with E-state index < -0.39 is 8.32 Å². The van der Waals surface area contributed by atoms with Crippen molar-refractivity contribution >= 4 is 14.3 Å². The van der Waals surface area contributed by atoms with E-state index >= 15 is 0 Å². The molecule has 2 aliphatic rings. The van der Waals surface area contributed by atoms with Crippen LogP contribution in [0.1, 0.15) is 26.2 Å². The summed E-state index contributed by atoms with van der Waals surface area (Å²) in [4.78, 5) is 13.7. The third-order valence-electron chi connectivity index (χ3n) is 3.55. The average molecular weight is 286 g/mol. The highest BCUT2D eigenvalue weighted by Gasteiger charge is 2.41. The van der Waals surface area contributed by atoms with E-state index in [1.165, 1.54) is 0 Å². The number of amides is 2. The summed E-state index contributed by atoms with van der Waals surface area (Å²) in [5.41, 5.74) is 0. The van der Waals surface area contributed by atoms with Crippen molar-refractivity contribution in [3.05, 3.63) is 0 Å². The Labute approximate surface area is 116 Å². The van der Waals surface area contributed by atoms with Crippen molar-refractivity contribution in [2.24, 2.45) is 0 Å². The van der Waals surface area contributed by atoms with Gasteiger partial charge in [0.2, 0.25) is 0 Å². The third kappa shape index (κ3) is 3.70. The third-order valence-corrected chi connectivity index (χ3v) is 4.56. The topological polar surface area (TPSA) is 50.8 Å². The Balaban J connectivity index is 1.99. The second-order valence-corrected chi connectivity index (χ2v) is 10.8. The van der Waals surface area contributed by atoms with E-state index in [1.807, 2.05) is 4.90 Å². The van der Waals surface area contributed by atoms with Crippen molar-refractivity contribution in [2.75, 3.05) is 13.1 Å². The van der Waals surface area contributed by atoms with E-state index in [9.17, 15) is 4.79 Å². The van der Waals surface area contributed by atoms with Crippen LogP contribution in [0, 0.1) is 0 Å². The monoisotopic (exact) mass is 286 g/mol. The van der Waals surface area contributed by atoms with E-state index in [0.717, 1.165) is 32.4 Å². The Bertz CT molecular complexity index is 332. The SMILES string of the molecule is CC[C@H]1O[C@@H](N2CCCNC2=O)CC1O[Si](C)(C)C. The van der Waals surface area contributed by atoms with Crippen LogP contribution in [-0.4, -0.2) is 50.8 Å². The number of carbonyl (C=O) groups excluding carboxylic acids is 1. The first kappa shape index (κ1) is 14.8. The molecule has 0 bridgehead atoms. The highest BCUT2D eigenvalue weighted by Crippen LogP contribution is 2.30. The maximum atomic E-state index is 11.9. The van der Waals surface area contributed by atoms with Crippen LogP contribution in [0.5, 0.6) is 0 Å². The van der Waals surface area contributed by atoms with Crippen LogP contribution in [0.2, 0.25) is 19.6 Å². The molecule has 0 radical (unpaired) electrons. The molecule has 2 heterocycles. The van der Waals surface area contributed by atoms with Crippen LogP contribution < -0.4 is 5.32 Å². The molecule has 0 aromatic heterocycles. The number of nitrogens with one attached hydrogen (secondary N) is 1. The largest absolute Gasteiger partial charge is 0.412 e. The molecular formula is C13H26N2O3Si. The van der Waals surface area contributed by atoms with Gasteiger partial charge in [0.1, 0.15) is 6.23 Å². The number of rotatable bonds is 4. The molecule has 2 fully saturated rings. The van der Waals surface area contributed by atoms with Crippen molar-refractivity contribution in [3.63, 3.8) is 0 Å². The number of ether oxygens (including phenoxy) is 1. The zero-order valence-electron chi connectivity index (χ0n) is 12.4. The van der Waals surface area contributed by atoms with Gasteiger partial charge in [-0.1, -0.05) is 6.92 Å². The molecule has 0 saturated carbocycles. The predicted molar refractivity (Wildman–Crippen MR) is 76.5 cm³/mol. The molecule has 0 spiro atoms. The number of carbonyl (C=O) groups is 1. The van der Waals surface area contributed by atoms with E-state index in [2.05, 4.69) is 31.9 Å². The zero-order valence-corrected chi connectivity index (χ0v) is 13.4. The van der Waals surface area contributed by atoms with Crippen molar-refractivity contribution in [1.29, 1.82) is 0 Å². The molecular weight excluding hydrogens is 260 g/mol. The summed E-state index contributed by atoms with van der Waals surface area (Å²) in [6.45, 7) is 10.3. The van der Waals surface area contributed by atoms with E-state index in [-0.39, 0.29) is 24.5 Å². The molecule has 1 N–H and O–H groups in total. The molecule has 19 heavy (non-hydrogen) atoms. The number of hydrogen-bond acceptors (Lipinski definition) is 3. The lowest BCUT2D eigenvalue weighted by Gasteiger charge is -2.32. The fourth-order valence-electron chi connectivity index (χ4n) is 2.76. The van der Waals surface area contributed by atoms with E-state index in [1.54, 1.807) is 0 Å². The van der Waals surface area contributed by atoms with Gasteiger partial charge in [-0.25, -0.2) is 4.79 Å². The van der Waals surface area contributed by atoms with Crippen molar-refractivity contribution in [3.8, 4) is 0 Å². The average Bonchev–Trinajstić information content (AvgIpc) is 2.70. The number of urea groups is 1. The number of hydrogen-bond donors (Lipinski definition) is 1. The van der Waals surface area contributed by atoms with Gasteiger partial charge in [-0.3, -0.25) is 4.90 Å². The van der Waals surface area contributed by atoms with Crippen LogP contribution in [-0.2, 0) is 9.16 Å². The van der Waals surface area contributed by atoms with Gasteiger partial charge < -0.3 is 14.5 Å². The predicted octanol–water partition coefficient (Wildman–Crippen LogP) is 2.15. The highest BCUT2D eigenvalue weighted by atomic mass is 28.4. The molecule has 2 amide bonds. The van der Waals surface area contributed by atoms with Crippen molar-refractivity contribution in [1.82, 2.24) is 10.2 Å². The lowest BCUT2D eigenvalue weighted by atomic mass is 10.1. The summed E-state index contributed by atoms with van der Waals surface area (Å²) in [5.74, 6) is 0. The van der Waals surface area contributed by atoms with Crippen LogP contribution in [0.25, 0.3) is 0 Å². The molecule has 5 nitrogen and oxygen atoms in total. The van der Waals surface area contributed by atoms with Gasteiger partial charge >= 0.3 is 6.03 Å². The highest BCUT2D eigenvalue weighted by molar-refractivity contribution is 6.69. The van der Waals surface area contributed by atoms with E-state index in [0.29, 0.717) is 0 Å². The van der Waals surface area contributed by atoms with Crippen LogP contribution >= 0.6 is 0 Å². The van der Waals surface area contributed by atoms with Gasteiger partial charge in [-0.2, -0.15) is 0 Å². The lowest BCUT2D eigenvalue weighted by Crippen LogP contribution is -2.51. The molecule has 0 aliphatic carbocycles. The molecule has 2 aliphatic heterocycles. The fourth-order valence-corrected chi connectivity index (χ4v) is 3.91. The van der Waals surface area contributed by atoms with Crippen LogP contribution in [0.15, 0.2) is 0 Å². The minimum absolute atomic E-state index is 0.000225. The maximum Gasteiger partial charge on any atom is 0.319 e. The smallest absolute Gasteiger partial charge is 0.319 e. The van der Waals surface area contributed by atoms with Crippen molar-refractivity contribution < 1.29 is 14.0 Å². The quantitative estimate of drug-likeness (QED) is 0.806. The molecule has 3 atom stereocenters. The van der Waals surface area contributed by atoms with Gasteiger partial charge in [0.05, 0.1) is 12.2 Å². The Morgan fingerprint density at radius 2 is 2.21 bits per heavy atom. The fraction of sp³-hybridized carbons (Fsp3) is 0.923. The normalized spacial score (nSPS) is 32.5. The van der Waals surface area contributed by atoms with Crippen LogP contribution in [0.3, 0.4) is 0 Å². The van der Waals surface area contributed by atoms with E-state index in [4.69, 9.17) is 9.16 Å². The molecule has 2 saturated heterocycles. The van der Waals surface area contributed by atoms with Gasteiger partial charge in [-0.05, 0) is 32.5 Å². The zero-order chi connectivity index (χ0) is 14.0. The summed E-state index contributed by atoms with van der Waals surface area (Å²) in [7, 11) is -1.58. The van der Waals surface area contributed by atoms with Crippen molar-refractivity contribution in [2.45, 2.75) is 64.3 Å². The molecule has 6 heteroatoms. The Hall–Kier alpha value is -0.593. The lowest BCUT2D eigenvalue weighted by molar-refractivity contribution is -0.0473. The molecule has 110 valence electrons. The van der Waals surface area contributed by atoms with Gasteiger partial charge in [0, 0.05) is 19.5 Å². The summed E-state index contributed by atoms with van der Waals surface area (Å²) in [6, 6.07) is -0.000225. The summed E-state index contributed by atoms with van der Waals surface area (Å²) < 4.78 is 12.3. The standard InChI is InChI=1S/C13H26N2O3Si/c1-5-10-11(18-19(2,3)4)9-12(17-10)15-8-6-7-14-13(15)16/h10-12H,5-9H2,1-4H3,(H,14,16)/t10-,11?,12-/m1/s1. The Morgan fingerprint density at radius 1 is 1.47 bits per heavy atom. The first-order chi connectivity index (χ1) is 8.90. The number of nitrogens with zero attached hydrogens (tertiary/aromatic N) is 1. The second-order valence-electron chi connectivity index (χ2n) is 6.32. The molecule has 0 aromatic rings. The second kappa shape index (κ2) is 5.81. The Morgan fingerprint density at radius 3 is 2.79 bits per heavy atom. The molecule has 2 rings (SSSR count). The Kier molecular flexibility index (Phi) is 4.53. The minimum atomic E-state index is -1.58. The molecule has 1 unspecified atom stereocenters. The molecule has 0 aromatic carbocycles.